The standard InChI is InChI=1S/C7H13ClO3/c1-3-5(4-2)6(8)11-7(9)10/h5-6H,3-4H2,1-2H3,(H,9,10). The van der Waals surface area contributed by atoms with Gasteiger partial charge in [0.15, 0.2) is 5.56 Å². The number of halogens is 1. The fraction of sp³-hybridized carbons (Fsp3) is 0.857. The van der Waals surface area contributed by atoms with Crippen LogP contribution in [0.3, 0.4) is 0 Å². The molecule has 11 heavy (non-hydrogen) atoms. The highest BCUT2D eigenvalue weighted by Crippen LogP contribution is 2.19. The maximum absolute atomic E-state index is 10.0. The number of alkyl halides is 1. The molecular formula is C7H13ClO3. The largest absolute Gasteiger partial charge is 0.507 e. The van der Waals surface area contributed by atoms with Crippen molar-refractivity contribution in [2.75, 3.05) is 0 Å². The van der Waals surface area contributed by atoms with Crippen LogP contribution in [0.5, 0.6) is 0 Å². The molecule has 0 spiro atoms. The summed E-state index contributed by atoms with van der Waals surface area (Å²) in [4.78, 5) is 10.0. The molecule has 4 heteroatoms. The molecule has 0 rings (SSSR count). The number of ether oxygens (including phenoxy) is 1. The number of carbonyl (C=O) groups is 1. The quantitative estimate of drug-likeness (QED) is 0.535. The predicted molar refractivity (Wildman–Crippen MR) is 42.8 cm³/mol. The second-order valence-electron chi connectivity index (χ2n) is 2.31. The molecule has 0 amide bonds. The summed E-state index contributed by atoms with van der Waals surface area (Å²) < 4.78 is 4.38. The second-order valence-corrected chi connectivity index (χ2v) is 2.74. The van der Waals surface area contributed by atoms with Crippen molar-refractivity contribution in [1.29, 1.82) is 0 Å². The maximum atomic E-state index is 10.0. The molecule has 0 radical (unpaired) electrons. The third kappa shape index (κ3) is 4.09. The van der Waals surface area contributed by atoms with Gasteiger partial charge in [-0.25, -0.2) is 4.79 Å². The number of rotatable bonds is 4. The first-order valence-corrected chi connectivity index (χ1v) is 4.09. The van der Waals surface area contributed by atoms with Gasteiger partial charge in [-0.2, -0.15) is 0 Å². The first kappa shape index (κ1) is 10.6. The van der Waals surface area contributed by atoms with Crippen LogP contribution in [0.1, 0.15) is 26.7 Å². The van der Waals surface area contributed by atoms with Gasteiger partial charge in [-0.05, 0) is 12.8 Å². The zero-order chi connectivity index (χ0) is 8.85. The van der Waals surface area contributed by atoms with Crippen molar-refractivity contribution >= 4 is 17.8 Å². The van der Waals surface area contributed by atoms with Crippen LogP contribution >= 0.6 is 11.6 Å². The van der Waals surface area contributed by atoms with Crippen molar-refractivity contribution in [3.05, 3.63) is 0 Å². The Morgan fingerprint density at radius 2 is 2.00 bits per heavy atom. The van der Waals surface area contributed by atoms with Gasteiger partial charge in [0.25, 0.3) is 0 Å². The van der Waals surface area contributed by atoms with Gasteiger partial charge in [0.2, 0.25) is 0 Å². The lowest BCUT2D eigenvalue weighted by Gasteiger charge is -2.17. The fourth-order valence-corrected chi connectivity index (χ4v) is 1.28. The van der Waals surface area contributed by atoms with Crippen molar-refractivity contribution in [2.24, 2.45) is 5.92 Å². The molecule has 3 nitrogen and oxygen atoms in total. The molecule has 1 N–H and O–H groups in total. The average molecular weight is 181 g/mol. The zero-order valence-corrected chi connectivity index (χ0v) is 7.47. The van der Waals surface area contributed by atoms with Gasteiger partial charge in [-0.3, -0.25) is 0 Å². The van der Waals surface area contributed by atoms with Crippen LogP contribution in [-0.2, 0) is 4.74 Å². The van der Waals surface area contributed by atoms with Crippen molar-refractivity contribution in [2.45, 2.75) is 32.3 Å². The summed E-state index contributed by atoms with van der Waals surface area (Å²) in [6, 6.07) is 0. The average Bonchev–Trinajstić information content (AvgIpc) is 1.88. The van der Waals surface area contributed by atoms with Crippen molar-refractivity contribution in [3.63, 3.8) is 0 Å². The van der Waals surface area contributed by atoms with Crippen molar-refractivity contribution < 1.29 is 14.6 Å². The first-order chi connectivity index (χ1) is 5.11. The number of carboxylic acid groups (broad SMARTS) is 1. The molecule has 0 bridgehead atoms. The van der Waals surface area contributed by atoms with Gasteiger partial charge in [-0.1, -0.05) is 25.4 Å². The Morgan fingerprint density at radius 1 is 1.55 bits per heavy atom. The monoisotopic (exact) mass is 180 g/mol. The van der Waals surface area contributed by atoms with Gasteiger partial charge in [0, 0.05) is 5.92 Å². The minimum absolute atomic E-state index is 0.118. The minimum atomic E-state index is -1.31. The molecule has 0 aliphatic heterocycles. The molecule has 0 fully saturated rings. The topological polar surface area (TPSA) is 46.5 Å². The van der Waals surface area contributed by atoms with Crippen molar-refractivity contribution in [3.8, 4) is 0 Å². The normalized spacial score (nSPS) is 13.1. The highest BCUT2D eigenvalue weighted by molar-refractivity contribution is 6.20. The Kier molecular flexibility index (Phi) is 5.03. The smallest absolute Gasteiger partial charge is 0.450 e. The Bertz CT molecular complexity index is 123. The van der Waals surface area contributed by atoms with E-state index in [1.807, 2.05) is 13.8 Å². The van der Waals surface area contributed by atoms with E-state index in [1.54, 1.807) is 0 Å². The highest BCUT2D eigenvalue weighted by atomic mass is 35.5. The molecule has 0 aromatic carbocycles. The van der Waals surface area contributed by atoms with E-state index >= 15 is 0 Å². The SMILES string of the molecule is CCC(CC)C(Cl)OC(=O)O. The lowest BCUT2D eigenvalue weighted by Crippen LogP contribution is -2.19. The van der Waals surface area contributed by atoms with Gasteiger partial charge in [0.05, 0.1) is 0 Å². The van der Waals surface area contributed by atoms with Crippen LogP contribution in [-0.4, -0.2) is 16.8 Å². The molecule has 0 aliphatic rings. The van der Waals surface area contributed by atoms with Crippen LogP contribution in [0.4, 0.5) is 4.79 Å². The second kappa shape index (κ2) is 5.24. The Balaban J connectivity index is 3.78. The molecule has 0 saturated heterocycles. The van der Waals surface area contributed by atoms with Crippen LogP contribution in [0.15, 0.2) is 0 Å². The van der Waals surface area contributed by atoms with Crippen LogP contribution < -0.4 is 0 Å². The molecule has 66 valence electrons. The Hall–Kier alpha value is -0.440. The van der Waals surface area contributed by atoms with Gasteiger partial charge >= 0.3 is 6.16 Å². The van der Waals surface area contributed by atoms with E-state index in [4.69, 9.17) is 16.7 Å². The zero-order valence-electron chi connectivity index (χ0n) is 6.71. The van der Waals surface area contributed by atoms with E-state index in [-0.39, 0.29) is 5.92 Å². The van der Waals surface area contributed by atoms with E-state index < -0.39 is 11.7 Å². The van der Waals surface area contributed by atoms with Gasteiger partial charge in [0.1, 0.15) is 0 Å². The van der Waals surface area contributed by atoms with E-state index in [1.165, 1.54) is 0 Å². The third-order valence-corrected chi connectivity index (χ3v) is 2.08. The summed E-state index contributed by atoms with van der Waals surface area (Å²) >= 11 is 5.64. The number of hydrogen-bond donors (Lipinski definition) is 1. The molecule has 0 aromatic heterocycles. The number of hydrogen-bond acceptors (Lipinski definition) is 2. The summed E-state index contributed by atoms with van der Waals surface area (Å²) in [6.07, 6.45) is 0.354. The Morgan fingerprint density at radius 3 is 2.27 bits per heavy atom. The highest BCUT2D eigenvalue weighted by Gasteiger charge is 2.18. The molecule has 0 aliphatic carbocycles. The van der Waals surface area contributed by atoms with Gasteiger partial charge in [-0.15, -0.1) is 0 Å². The fourth-order valence-electron chi connectivity index (χ4n) is 0.852. The van der Waals surface area contributed by atoms with E-state index in [9.17, 15) is 4.79 Å². The predicted octanol–water partition coefficient (Wildman–Crippen LogP) is 2.68. The summed E-state index contributed by atoms with van der Waals surface area (Å²) in [5, 5.41) is 8.22. The van der Waals surface area contributed by atoms with E-state index in [0.29, 0.717) is 0 Å². The molecule has 0 heterocycles. The maximum Gasteiger partial charge on any atom is 0.507 e. The lowest BCUT2D eigenvalue weighted by molar-refractivity contribution is 0.0586. The lowest BCUT2D eigenvalue weighted by atomic mass is 10.1. The first-order valence-electron chi connectivity index (χ1n) is 3.65. The van der Waals surface area contributed by atoms with Crippen LogP contribution in [0.25, 0.3) is 0 Å². The summed E-state index contributed by atoms with van der Waals surface area (Å²) in [5.74, 6) is 0.118. The van der Waals surface area contributed by atoms with Crippen LogP contribution in [0, 0.1) is 5.92 Å². The summed E-state index contributed by atoms with van der Waals surface area (Å²) in [5.41, 5.74) is -0.706. The molecular weight excluding hydrogens is 168 g/mol. The van der Waals surface area contributed by atoms with E-state index in [0.717, 1.165) is 12.8 Å². The molecule has 1 unspecified atom stereocenters. The van der Waals surface area contributed by atoms with Gasteiger partial charge < -0.3 is 9.84 Å². The summed E-state index contributed by atoms with van der Waals surface area (Å²) in [6.45, 7) is 3.91. The van der Waals surface area contributed by atoms with Crippen LogP contribution in [0.2, 0.25) is 0 Å². The third-order valence-electron chi connectivity index (χ3n) is 1.63. The van der Waals surface area contributed by atoms with Crippen molar-refractivity contribution in [1.82, 2.24) is 0 Å². The molecule has 1 atom stereocenters. The van der Waals surface area contributed by atoms with E-state index in [2.05, 4.69) is 4.74 Å². The Labute approximate surface area is 71.3 Å². The minimum Gasteiger partial charge on any atom is -0.450 e. The molecule has 0 saturated carbocycles. The summed E-state index contributed by atoms with van der Waals surface area (Å²) in [7, 11) is 0. The molecule has 0 aromatic rings.